The number of carbonyl (C=O) groups excluding carboxylic acids is 1. The highest BCUT2D eigenvalue weighted by Crippen LogP contribution is 2.15. The number of hydrogen-bond acceptors (Lipinski definition) is 6. The van der Waals surface area contributed by atoms with E-state index in [-0.39, 0.29) is 17.2 Å². The number of thioether (sulfide) groups is 1. The molecule has 0 saturated heterocycles. The summed E-state index contributed by atoms with van der Waals surface area (Å²) in [5.74, 6) is 0.0235. The number of halogens is 1. The van der Waals surface area contributed by atoms with Crippen molar-refractivity contribution in [3.63, 3.8) is 0 Å². The summed E-state index contributed by atoms with van der Waals surface area (Å²) in [5.41, 5.74) is 0.757. The highest BCUT2D eigenvalue weighted by molar-refractivity contribution is 7.99. The average Bonchev–Trinajstić information content (AvgIpc) is 2.50. The first-order valence-electron chi connectivity index (χ1n) is 6.37. The van der Waals surface area contributed by atoms with Crippen LogP contribution in [0, 0.1) is 6.92 Å². The lowest BCUT2D eigenvalue weighted by Crippen LogP contribution is -2.28. The van der Waals surface area contributed by atoms with Crippen molar-refractivity contribution in [2.75, 3.05) is 12.8 Å². The lowest BCUT2D eigenvalue weighted by Gasteiger charge is -2.17. The Labute approximate surface area is 136 Å². The van der Waals surface area contributed by atoms with Gasteiger partial charge in [-0.25, -0.2) is 4.98 Å². The van der Waals surface area contributed by atoms with Gasteiger partial charge in [-0.1, -0.05) is 29.4 Å². The van der Waals surface area contributed by atoms with Crippen LogP contribution >= 0.6 is 23.4 Å². The maximum absolute atomic E-state index is 12.1. The summed E-state index contributed by atoms with van der Waals surface area (Å²) in [4.78, 5) is 31.6. The summed E-state index contributed by atoms with van der Waals surface area (Å²) < 4.78 is 0. The van der Waals surface area contributed by atoms with Gasteiger partial charge < -0.3 is 4.90 Å². The molecule has 0 unspecified atom stereocenters. The van der Waals surface area contributed by atoms with Gasteiger partial charge in [0.15, 0.2) is 5.16 Å². The fraction of sp³-hybridized carbons (Fsp3) is 0.308. The molecule has 2 aromatic rings. The van der Waals surface area contributed by atoms with Gasteiger partial charge in [0.05, 0.1) is 5.75 Å². The van der Waals surface area contributed by atoms with Crippen molar-refractivity contribution < 1.29 is 4.79 Å². The maximum Gasteiger partial charge on any atom is 0.273 e. The van der Waals surface area contributed by atoms with Crippen molar-refractivity contribution in [1.82, 2.24) is 25.1 Å². The fourth-order valence-electron chi connectivity index (χ4n) is 1.56. The van der Waals surface area contributed by atoms with Gasteiger partial charge in [0.25, 0.3) is 5.56 Å². The molecule has 7 nitrogen and oxygen atoms in total. The molecule has 0 saturated carbocycles. The van der Waals surface area contributed by atoms with Crippen molar-refractivity contribution >= 4 is 29.3 Å². The Morgan fingerprint density at radius 1 is 1.45 bits per heavy atom. The third kappa shape index (κ3) is 4.28. The van der Waals surface area contributed by atoms with Crippen LogP contribution < -0.4 is 5.56 Å². The summed E-state index contributed by atoms with van der Waals surface area (Å²) in [7, 11) is 1.68. The minimum Gasteiger partial charge on any atom is -0.341 e. The molecule has 0 aliphatic carbocycles. The van der Waals surface area contributed by atoms with Crippen LogP contribution in [-0.4, -0.2) is 43.8 Å². The number of amides is 1. The van der Waals surface area contributed by atoms with Crippen LogP contribution in [0.3, 0.4) is 0 Å². The molecule has 0 fully saturated rings. The van der Waals surface area contributed by atoms with Crippen LogP contribution in [-0.2, 0) is 11.3 Å². The first kappa shape index (κ1) is 16.4. The molecular formula is C13H14ClN5O2S. The standard InChI is InChI=1S/C13H14ClN5O2S/c1-8-12(21)16-13(18-17-8)22-7-10(20)19(2)6-9-4-3-5-15-11(9)14/h3-5H,6-7H2,1-2H3,(H,16,18,21). The minimum atomic E-state index is -0.305. The van der Waals surface area contributed by atoms with E-state index >= 15 is 0 Å². The van der Waals surface area contributed by atoms with Crippen molar-refractivity contribution in [1.29, 1.82) is 0 Å². The zero-order valence-electron chi connectivity index (χ0n) is 12.0. The van der Waals surface area contributed by atoms with Gasteiger partial charge in [-0.05, 0) is 13.0 Å². The minimum absolute atomic E-state index is 0.117. The highest BCUT2D eigenvalue weighted by Gasteiger charge is 2.13. The van der Waals surface area contributed by atoms with E-state index in [0.29, 0.717) is 22.5 Å². The molecule has 9 heteroatoms. The van der Waals surface area contributed by atoms with Crippen LogP contribution in [0.4, 0.5) is 0 Å². The number of carbonyl (C=O) groups is 1. The van der Waals surface area contributed by atoms with E-state index in [1.165, 1.54) is 4.90 Å². The Bertz CT molecular complexity index is 736. The summed E-state index contributed by atoms with van der Waals surface area (Å²) in [5, 5.41) is 8.23. The van der Waals surface area contributed by atoms with Crippen LogP contribution in [0.2, 0.25) is 5.15 Å². The predicted octanol–water partition coefficient (Wildman–Crippen LogP) is 1.27. The van der Waals surface area contributed by atoms with Gasteiger partial charge in [-0.15, -0.1) is 10.2 Å². The number of rotatable bonds is 5. The first-order valence-corrected chi connectivity index (χ1v) is 7.73. The smallest absolute Gasteiger partial charge is 0.273 e. The number of nitrogens with zero attached hydrogens (tertiary/aromatic N) is 4. The second-order valence-electron chi connectivity index (χ2n) is 4.54. The highest BCUT2D eigenvalue weighted by atomic mass is 35.5. The Morgan fingerprint density at radius 3 is 2.91 bits per heavy atom. The predicted molar refractivity (Wildman–Crippen MR) is 83.8 cm³/mol. The molecule has 0 atom stereocenters. The molecule has 22 heavy (non-hydrogen) atoms. The largest absolute Gasteiger partial charge is 0.341 e. The van der Waals surface area contributed by atoms with Gasteiger partial charge in [-0.2, -0.15) is 0 Å². The Morgan fingerprint density at radius 2 is 2.23 bits per heavy atom. The lowest BCUT2D eigenvalue weighted by molar-refractivity contribution is -0.127. The third-order valence-corrected chi connectivity index (χ3v) is 4.03. The van der Waals surface area contributed by atoms with Crippen LogP contribution in [0.25, 0.3) is 0 Å². The van der Waals surface area contributed by atoms with Gasteiger partial charge in [0, 0.05) is 25.4 Å². The Hall–Kier alpha value is -1.93. The van der Waals surface area contributed by atoms with E-state index in [1.807, 2.05) is 6.07 Å². The van der Waals surface area contributed by atoms with Crippen molar-refractivity contribution in [3.8, 4) is 0 Å². The van der Waals surface area contributed by atoms with Crippen LogP contribution in [0.15, 0.2) is 28.3 Å². The first-order chi connectivity index (χ1) is 10.5. The molecule has 0 bridgehead atoms. The SMILES string of the molecule is Cc1nnc(SCC(=O)N(C)Cc2cccnc2Cl)[nH]c1=O. The van der Waals surface area contributed by atoms with E-state index in [9.17, 15) is 9.59 Å². The fourth-order valence-corrected chi connectivity index (χ4v) is 2.49. The number of nitrogens with one attached hydrogen (secondary N) is 1. The molecule has 0 spiro atoms. The van der Waals surface area contributed by atoms with E-state index in [0.717, 1.165) is 17.3 Å². The molecule has 1 amide bonds. The maximum atomic E-state index is 12.1. The third-order valence-electron chi connectivity index (χ3n) is 2.84. The van der Waals surface area contributed by atoms with Gasteiger partial charge in [0.2, 0.25) is 5.91 Å². The lowest BCUT2D eigenvalue weighted by atomic mass is 10.3. The topological polar surface area (TPSA) is 91.8 Å². The Balaban J connectivity index is 1.93. The number of pyridine rings is 1. The average molecular weight is 340 g/mol. The number of aromatic amines is 1. The number of hydrogen-bond donors (Lipinski definition) is 1. The van der Waals surface area contributed by atoms with Gasteiger partial charge >= 0.3 is 0 Å². The monoisotopic (exact) mass is 339 g/mol. The van der Waals surface area contributed by atoms with Crippen molar-refractivity contribution in [2.24, 2.45) is 0 Å². The zero-order chi connectivity index (χ0) is 16.1. The van der Waals surface area contributed by atoms with E-state index in [4.69, 9.17) is 11.6 Å². The second-order valence-corrected chi connectivity index (χ2v) is 5.86. The number of H-pyrrole nitrogens is 1. The molecule has 2 aromatic heterocycles. The molecule has 0 aliphatic heterocycles. The molecular weight excluding hydrogens is 326 g/mol. The molecule has 0 aromatic carbocycles. The molecule has 0 aliphatic rings. The van der Waals surface area contributed by atoms with Crippen LogP contribution in [0.1, 0.15) is 11.3 Å². The second kappa shape index (κ2) is 7.37. The molecule has 2 heterocycles. The van der Waals surface area contributed by atoms with E-state index in [2.05, 4.69) is 20.2 Å². The summed E-state index contributed by atoms with van der Waals surface area (Å²) in [6.45, 7) is 1.93. The van der Waals surface area contributed by atoms with Crippen molar-refractivity contribution in [3.05, 3.63) is 45.1 Å². The van der Waals surface area contributed by atoms with Gasteiger partial charge in [-0.3, -0.25) is 14.6 Å². The Kier molecular flexibility index (Phi) is 5.51. The molecule has 116 valence electrons. The van der Waals surface area contributed by atoms with E-state index < -0.39 is 0 Å². The summed E-state index contributed by atoms with van der Waals surface area (Å²) >= 11 is 7.09. The molecule has 1 N–H and O–H groups in total. The molecule has 0 radical (unpaired) electrons. The summed E-state index contributed by atoms with van der Waals surface area (Å²) in [6, 6.07) is 3.58. The normalized spacial score (nSPS) is 10.5. The molecule has 2 rings (SSSR count). The number of aromatic nitrogens is 4. The van der Waals surface area contributed by atoms with E-state index in [1.54, 1.807) is 26.2 Å². The van der Waals surface area contributed by atoms with Gasteiger partial charge in [0.1, 0.15) is 10.8 Å². The van der Waals surface area contributed by atoms with Crippen LogP contribution in [0.5, 0.6) is 0 Å². The zero-order valence-corrected chi connectivity index (χ0v) is 13.6. The number of aryl methyl sites for hydroxylation is 1. The summed E-state index contributed by atoms with van der Waals surface area (Å²) in [6.07, 6.45) is 1.59. The quantitative estimate of drug-likeness (QED) is 0.651. The van der Waals surface area contributed by atoms with Crippen molar-refractivity contribution in [2.45, 2.75) is 18.6 Å².